The Labute approximate surface area is 367 Å². The minimum absolute atomic E-state index is 0. The molecule has 0 aromatic carbocycles. The molecule has 55 heavy (non-hydrogen) atoms. The predicted octanol–water partition coefficient (Wildman–Crippen LogP) is 18.4. The van der Waals surface area contributed by atoms with Crippen LogP contribution in [0, 0.1) is 0 Å². The summed E-state index contributed by atoms with van der Waals surface area (Å²) in [5.74, 6) is 0. The van der Waals surface area contributed by atoms with E-state index in [1.54, 1.807) is 44.7 Å². The van der Waals surface area contributed by atoms with E-state index in [0.29, 0.717) is 18.8 Å². The standard InChI is InChI=1S/2C6H14O.C5H12O.2C4H10O.C3H8O.CH4O.17CH4.HOP/c1-4-6(5-2)7-3;1-3-4-5-6-7-2;1-4-5(2)6-3;1-3-4-5-2;1-2-3-4-5;1-3-4-2;1-2;;;;;;;;;;;;;;;;;;1-2/h6H,4-5H2,1-3H3;3-6H2,1-2H3;5H,4H2,1-3H3;3-4H2,1-2H3;5H,2-4H2,1H3;3H2,1-2H3;2H,1H3;17*1H4;2H. The van der Waals surface area contributed by atoms with Crippen LogP contribution in [0.2, 0.25) is 0 Å². The molecule has 9 heteroatoms. The van der Waals surface area contributed by atoms with Gasteiger partial charge in [0.1, 0.15) is 9.12 Å². The van der Waals surface area contributed by atoms with Crippen LogP contribution in [0.1, 0.15) is 239 Å². The number of aliphatic hydroxyl groups is 2. The maximum Gasteiger partial charge on any atom is 0.138 e. The lowest BCUT2D eigenvalue weighted by Crippen LogP contribution is -2.05. The van der Waals surface area contributed by atoms with Crippen molar-refractivity contribution in [2.75, 3.05) is 69.1 Å². The molecule has 0 aromatic heterocycles. The van der Waals surface area contributed by atoms with E-state index >= 15 is 0 Å². The van der Waals surface area contributed by atoms with Crippen molar-refractivity contribution in [3.63, 3.8) is 0 Å². The second-order valence-corrected chi connectivity index (χ2v) is 7.48. The van der Waals surface area contributed by atoms with Crippen LogP contribution in [-0.2, 0) is 28.2 Å². The van der Waals surface area contributed by atoms with E-state index < -0.39 is 0 Å². The average molecular weight is 854 g/mol. The first-order valence-corrected chi connectivity index (χ1v) is 14.5. The van der Waals surface area contributed by atoms with E-state index in [-0.39, 0.29) is 126 Å². The van der Waals surface area contributed by atoms with Crippen LogP contribution >= 0.6 is 9.12 Å². The van der Waals surface area contributed by atoms with Gasteiger partial charge in [-0.2, -0.15) is 0 Å². The number of ether oxygens (including phenoxy) is 5. The summed E-state index contributed by atoms with van der Waals surface area (Å²) < 4.78 is 32.1. The summed E-state index contributed by atoms with van der Waals surface area (Å²) in [6.45, 7) is 19.7. The first-order chi connectivity index (χ1) is 18.3. The molecule has 0 aromatic rings. The molecule has 2 N–H and O–H groups in total. The van der Waals surface area contributed by atoms with Crippen LogP contribution in [0.25, 0.3) is 0 Å². The van der Waals surface area contributed by atoms with E-state index in [1.165, 1.54) is 19.3 Å². The number of methoxy groups -OCH3 is 5. The largest absolute Gasteiger partial charge is 0.400 e. The molecule has 0 amide bonds. The number of aliphatic hydroxyl groups excluding tert-OH is 2. The van der Waals surface area contributed by atoms with Crippen molar-refractivity contribution in [3.05, 3.63) is 0 Å². The van der Waals surface area contributed by atoms with Crippen molar-refractivity contribution in [3.8, 4) is 0 Å². The first kappa shape index (κ1) is 179. The van der Waals surface area contributed by atoms with Crippen molar-refractivity contribution < 1.29 is 38.5 Å². The molecule has 0 aliphatic heterocycles. The number of hydrogen-bond donors (Lipinski definition) is 2. The van der Waals surface area contributed by atoms with Gasteiger partial charge in [0.05, 0.1) is 12.2 Å². The molecule has 0 radical (unpaired) electrons. The topological polar surface area (TPSA) is 104 Å². The molecule has 378 valence electrons. The van der Waals surface area contributed by atoms with Gasteiger partial charge in [0, 0.05) is 69.1 Å². The van der Waals surface area contributed by atoms with E-state index in [2.05, 4.69) is 53.2 Å². The number of rotatable bonds is 14. The quantitative estimate of drug-likeness (QED) is 0.132. The lowest BCUT2D eigenvalue weighted by atomic mass is 10.2. The van der Waals surface area contributed by atoms with Gasteiger partial charge in [0.15, 0.2) is 0 Å². The van der Waals surface area contributed by atoms with Gasteiger partial charge in [-0.1, -0.05) is 187 Å². The highest BCUT2D eigenvalue weighted by molar-refractivity contribution is 7.00. The van der Waals surface area contributed by atoms with Gasteiger partial charge in [0.2, 0.25) is 0 Å². The third kappa shape index (κ3) is 408. The molecule has 0 heterocycles. The zero-order valence-electron chi connectivity index (χ0n) is 28.2. The monoisotopic (exact) mass is 853 g/mol. The maximum atomic E-state index is 8.07. The Balaban J connectivity index is -0.00000000794. The van der Waals surface area contributed by atoms with E-state index in [1.807, 2.05) is 6.92 Å². The zero-order chi connectivity index (χ0) is 31.9. The average Bonchev–Trinajstić information content (AvgIpc) is 2.98. The van der Waals surface area contributed by atoms with Gasteiger partial charge in [-0.25, -0.2) is 0 Å². The Morgan fingerprint density at radius 1 is 0.436 bits per heavy atom. The summed E-state index contributed by atoms with van der Waals surface area (Å²) >= 11 is 0. The van der Waals surface area contributed by atoms with Gasteiger partial charge in [0.25, 0.3) is 0 Å². The fourth-order valence-corrected chi connectivity index (χ4v) is 1.65. The Morgan fingerprint density at radius 3 is 0.782 bits per heavy atom. The number of hydrogen-bond acceptors (Lipinski definition) is 8. The van der Waals surface area contributed by atoms with Gasteiger partial charge < -0.3 is 33.9 Å². The minimum atomic E-state index is 0. The highest BCUT2D eigenvalue weighted by Gasteiger charge is 1.96. The summed E-state index contributed by atoms with van der Waals surface area (Å²) in [6, 6.07) is 0. The molecule has 0 spiro atoms. The molecule has 0 aliphatic rings. The van der Waals surface area contributed by atoms with E-state index in [4.69, 9.17) is 33.7 Å². The van der Waals surface area contributed by atoms with Crippen LogP contribution in [0.5, 0.6) is 0 Å². The van der Waals surface area contributed by atoms with Gasteiger partial charge in [-0.15, -0.1) is 0 Å². The SMILES string of the molecule is C.C.C.C.C.C.C.C.C.C.C.C.C.C.C.C.C.CCC(C)OC.CCC(CC)OC.CCCCCOC.CCCCO.CCCOC.CCOC.CO.O=P. The van der Waals surface area contributed by atoms with Crippen LogP contribution in [0.15, 0.2) is 0 Å². The van der Waals surface area contributed by atoms with Crippen molar-refractivity contribution in [2.24, 2.45) is 0 Å². The summed E-state index contributed by atoms with van der Waals surface area (Å²) in [7, 11) is 11.4. The summed E-state index contributed by atoms with van der Waals surface area (Å²) in [5.41, 5.74) is 0. The fraction of sp³-hybridized carbons (Fsp3) is 1.00. The van der Waals surface area contributed by atoms with E-state index in [0.717, 1.165) is 65.5 Å². The van der Waals surface area contributed by atoms with Crippen molar-refractivity contribution >= 4 is 9.12 Å². The molecule has 0 saturated heterocycles. The molecule has 1 atom stereocenters. The Hall–Kier alpha value is -0.180. The van der Waals surface area contributed by atoms with E-state index in [9.17, 15) is 0 Å². The van der Waals surface area contributed by atoms with Gasteiger partial charge in [-0.05, 0) is 52.4 Å². The van der Waals surface area contributed by atoms with Crippen molar-refractivity contribution in [1.29, 1.82) is 0 Å². The lowest BCUT2D eigenvalue weighted by Gasteiger charge is -2.07. The minimum Gasteiger partial charge on any atom is -0.400 e. The summed E-state index contributed by atoms with van der Waals surface area (Å²) in [4.78, 5) is 0. The predicted molar refractivity (Wildman–Crippen MR) is 283 cm³/mol. The Morgan fingerprint density at radius 2 is 0.727 bits per heavy atom. The molecular formula is C46H141O8P. The fourth-order valence-electron chi connectivity index (χ4n) is 1.65. The zero-order valence-corrected chi connectivity index (χ0v) is 29.2. The molecule has 0 rings (SSSR count). The highest BCUT2D eigenvalue weighted by atomic mass is 31.0. The molecule has 0 fully saturated rings. The van der Waals surface area contributed by atoms with Crippen LogP contribution in [0.4, 0.5) is 0 Å². The molecule has 0 bridgehead atoms. The Kier molecular flexibility index (Phi) is 859. The number of unbranched alkanes of at least 4 members (excludes halogenated alkanes) is 3. The Bertz CT molecular complexity index is 243. The maximum absolute atomic E-state index is 8.07. The van der Waals surface area contributed by atoms with Gasteiger partial charge >= 0.3 is 0 Å². The highest BCUT2D eigenvalue weighted by Crippen LogP contribution is 1.98. The van der Waals surface area contributed by atoms with Crippen molar-refractivity contribution in [1.82, 2.24) is 0 Å². The van der Waals surface area contributed by atoms with Crippen molar-refractivity contribution in [2.45, 2.75) is 252 Å². The summed E-state index contributed by atoms with van der Waals surface area (Å²) in [6.07, 6.45) is 11.2. The van der Waals surface area contributed by atoms with Crippen LogP contribution < -0.4 is 0 Å². The third-order valence-corrected chi connectivity index (χ3v) is 4.38. The normalized spacial score (nSPS) is 6.35. The molecule has 0 saturated carbocycles. The summed E-state index contributed by atoms with van der Waals surface area (Å²) in [5, 5.41) is 15.1. The second-order valence-electron chi connectivity index (χ2n) is 7.48. The molecular weight excluding hydrogens is 711 g/mol. The molecule has 1 unspecified atom stereocenters. The first-order valence-electron chi connectivity index (χ1n) is 14.1. The second kappa shape index (κ2) is 265. The van der Waals surface area contributed by atoms with Crippen LogP contribution in [0.3, 0.4) is 0 Å². The molecule has 0 aliphatic carbocycles. The van der Waals surface area contributed by atoms with Crippen LogP contribution in [-0.4, -0.2) is 91.5 Å². The lowest BCUT2D eigenvalue weighted by molar-refractivity contribution is 0.0964. The smallest absolute Gasteiger partial charge is 0.138 e. The molecule has 8 nitrogen and oxygen atoms in total. The van der Waals surface area contributed by atoms with Gasteiger partial charge in [-0.3, -0.25) is 4.57 Å². The third-order valence-electron chi connectivity index (χ3n) is 4.38.